The highest BCUT2D eigenvalue weighted by molar-refractivity contribution is 6.20. The summed E-state index contributed by atoms with van der Waals surface area (Å²) >= 11 is 0. The maximum absolute atomic E-state index is 14.6. The molecule has 2 aromatic rings. The number of fused-ring (bicyclic) bond motifs is 2. The highest BCUT2D eigenvalue weighted by Crippen LogP contribution is 2.45. The highest BCUT2D eigenvalue weighted by atomic mass is 19.1. The SMILES string of the molecule is CN1C=C2C(=C(C3=CCNCC3)C1c1cnn(C)c1)NN=C1C=Cc3cc(F)cc2c31. The van der Waals surface area contributed by atoms with Gasteiger partial charge in [0.05, 0.1) is 23.6 Å². The van der Waals surface area contributed by atoms with Crippen molar-refractivity contribution < 1.29 is 4.39 Å². The van der Waals surface area contributed by atoms with Crippen molar-refractivity contribution in [1.82, 2.24) is 25.4 Å². The molecule has 0 spiro atoms. The van der Waals surface area contributed by atoms with Crippen LogP contribution in [0.5, 0.6) is 0 Å². The molecule has 0 amide bonds. The Bertz CT molecular complexity index is 1260. The first kappa shape index (κ1) is 18.3. The number of nitrogens with one attached hydrogen (secondary N) is 2. The second-order valence-corrected chi connectivity index (χ2v) is 8.39. The zero-order valence-electron chi connectivity index (χ0n) is 17.5. The van der Waals surface area contributed by atoms with Gasteiger partial charge in [0.2, 0.25) is 0 Å². The summed E-state index contributed by atoms with van der Waals surface area (Å²) in [5.74, 6) is -0.235. The molecule has 1 atom stereocenters. The maximum atomic E-state index is 14.6. The Balaban J connectivity index is 1.62. The number of allylic oxidation sites excluding steroid dienone is 2. The van der Waals surface area contributed by atoms with Gasteiger partial charge in [0.1, 0.15) is 5.82 Å². The van der Waals surface area contributed by atoms with Crippen molar-refractivity contribution in [3.63, 3.8) is 0 Å². The highest BCUT2D eigenvalue weighted by Gasteiger charge is 2.36. The minimum atomic E-state index is -0.235. The molecule has 6 nitrogen and oxygen atoms in total. The van der Waals surface area contributed by atoms with Crippen LogP contribution in [0.4, 0.5) is 4.39 Å². The van der Waals surface area contributed by atoms with Gasteiger partial charge < -0.3 is 10.2 Å². The molecule has 3 aliphatic heterocycles. The third kappa shape index (κ3) is 2.80. The van der Waals surface area contributed by atoms with Gasteiger partial charge in [0, 0.05) is 55.3 Å². The lowest BCUT2D eigenvalue weighted by molar-refractivity contribution is 0.371. The van der Waals surface area contributed by atoms with Crippen LogP contribution >= 0.6 is 0 Å². The summed E-state index contributed by atoms with van der Waals surface area (Å²) in [6.45, 7) is 1.76. The number of aryl methyl sites for hydroxylation is 1. The summed E-state index contributed by atoms with van der Waals surface area (Å²) in [5, 5.41) is 12.6. The summed E-state index contributed by atoms with van der Waals surface area (Å²) in [7, 11) is 4.01. The van der Waals surface area contributed by atoms with E-state index in [0.29, 0.717) is 0 Å². The van der Waals surface area contributed by atoms with Crippen molar-refractivity contribution in [2.75, 3.05) is 20.1 Å². The van der Waals surface area contributed by atoms with Crippen molar-refractivity contribution >= 4 is 17.4 Å². The Hall–Kier alpha value is -3.45. The van der Waals surface area contributed by atoms with Gasteiger partial charge in [-0.1, -0.05) is 12.2 Å². The van der Waals surface area contributed by atoms with Crippen LogP contribution in [0, 0.1) is 5.82 Å². The Morgan fingerprint density at radius 1 is 1.19 bits per heavy atom. The number of hydrogen-bond donors (Lipinski definition) is 2. The lowest BCUT2D eigenvalue weighted by Crippen LogP contribution is -2.32. The van der Waals surface area contributed by atoms with Crippen LogP contribution < -0.4 is 10.7 Å². The first-order valence-electron chi connectivity index (χ1n) is 10.5. The van der Waals surface area contributed by atoms with Crippen LogP contribution in [-0.4, -0.2) is 40.5 Å². The number of aromatic nitrogens is 2. The minimum absolute atomic E-state index is 0.00369. The number of rotatable bonds is 2. The molecule has 4 heterocycles. The van der Waals surface area contributed by atoms with Crippen molar-refractivity contribution in [2.24, 2.45) is 12.1 Å². The molecule has 0 fully saturated rings. The van der Waals surface area contributed by atoms with E-state index in [4.69, 9.17) is 5.10 Å². The molecule has 7 heteroatoms. The number of likely N-dealkylation sites (N-methyl/N-ethyl adjacent to an activating group) is 1. The average Bonchev–Trinajstić information content (AvgIpc) is 3.34. The van der Waals surface area contributed by atoms with E-state index < -0.39 is 0 Å². The van der Waals surface area contributed by atoms with Gasteiger partial charge in [-0.15, -0.1) is 0 Å². The molecule has 1 aliphatic carbocycles. The average molecular weight is 414 g/mol. The van der Waals surface area contributed by atoms with Crippen LogP contribution in [0.15, 0.2) is 64.8 Å². The van der Waals surface area contributed by atoms with Crippen molar-refractivity contribution in [2.45, 2.75) is 12.5 Å². The number of hydrazone groups is 1. The van der Waals surface area contributed by atoms with E-state index in [-0.39, 0.29) is 11.9 Å². The van der Waals surface area contributed by atoms with E-state index in [2.05, 4.69) is 46.3 Å². The topological polar surface area (TPSA) is 57.5 Å². The third-order valence-electron chi connectivity index (χ3n) is 6.39. The first-order chi connectivity index (χ1) is 15.1. The normalized spacial score (nSPS) is 21.7. The Morgan fingerprint density at radius 2 is 2.10 bits per heavy atom. The smallest absolute Gasteiger partial charge is 0.124 e. The molecule has 156 valence electrons. The van der Waals surface area contributed by atoms with Gasteiger partial charge in [-0.2, -0.15) is 10.2 Å². The van der Waals surface area contributed by atoms with Gasteiger partial charge in [0.25, 0.3) is 0 Å². The van der Waals surface area contributed by atoms with E-state index in [1.807, 2.05) is 30.1 Å². The van der Waals surface area contributed by atoms with Crippen molar-refractivity contribution in [1.29, 1.82) is 0 Å². The largest absolute Gasteiger partial charge is 0.368 e. The second-order valence-electron chi connectivity index (χ2n) is 8.39. The van der Waals surface area contributed by atoms with Crippen molar-refractivity contribution in [3.05, 3.63) is 87.8 Å². The van der Waals surface area contributed by atoms with Crippen molar-refractivity contribution in [3.8, 4) is 0 Å². The van der Waals surface area contributed by atoms with Gasteiger partial charge in [0.15, 0.2) is 0 Å². The molecule has 2 N–H and O–H groups in total. The predicted octanol–water partition coefficient (Wildman–Crippen LogP) is 3.09. The quantitative estimate of drug-likeness (QED) is 0.793. The number of hydrogen-bond acceptors (Lipinski definition) is 5. The molecule has 0 saturated carbocycles. The lowest BCUT2D eigenvalue weighted by Gasteiger charge is -2.37. The summed E-state index contributed by atoms with van der Waals surface area (Å²) in [6, 6.07) is 3.21. The van der Waals surface area contributed by atoms with Crippen LogP contribution in [0.2, 0.25) is 0 Å². The number of nitrogens with zero attached hydrogens (tertiary/aromatic N) is 4. The number of benzene rings is 1. The van der Waals surface area contributed by atoms with E-state index in [0.717, 1.165) is 58.7 Å². The van der Waals surface area contributed by atoms with Crippen LogP contribution in [0.1, 0.15) is 34.7 Å². The monoisotopic (exact) mass is 414 g/mol. The zero-order chi connectivity index (χ0) is 21.1. The minimum Gasteiger partial charge on any atom is -0.368 e. The van der Waals surface area contributed by atoms with E-state index in [1.165, 1.54) is 11.1 Å². The van der Waals surface area contributed by atoms with Gasteiger partial charge >= 0.3 is 0 Å². The fraction of sp³-hybridized carbons (Fsp3) is 0.250. The Labute approximate surface area is 180 Å². The molecule has 1 aromatic carbocycles. The molecule has 1 unspecified atom stereocenters. The molecule has 0 bridgehead atoms. The Morgan fingerprint density at radius 3 is 2.87 bits per heavy atom. The standard InChI is InChI=1S/C24H23FN6/c1-30-13-19-18-10-17(25)9-15-3-4-20(21(15)18)28-29-23(19)22(14-5-7-26-8-6-14)24(30)16-11-27-31(2)12-16/h3-5,9-13,24,26,29H,6-8H2,1-2H3. The molecule has 6 rings (SSSR count). The second kappa shape index (κ2) is 6.78. The molecule has 1 aromatic heterocycles. The van der Waals surface area contributed by atoms with E-state index >= 15 is 0 Å². The summed E-state index contributed by atoms with van der Waals surface area (Å²) in [5.41, 5.74) is 12.4. The predicted molar refractivity (Wildman–Crippen MR) is 119 cm³/mol. The molecule has 0 saturated heterocycles. The van der Waals surface area contributed by atoms with Gasteiger partial charge in [-0.25, -0.2) is 4.39 Å². The molecular formula is C24H23FN6. The lowest BCUT2D eigenvalue weighted by atomic mass is 9.82. The summed E-state index contributed by atoms with van der Waals surface area (Å²) < 4.78 is 16.4. The first-order valence-corrected chi connectivity index (χ1v) is 10.5. The van der Waals surface area contributed by atoms with Crippen LogP contribution in [-0.2, 0) is 7.05 Å². The third-order valence-corrected chi connectivity index (χ3v) is 6.39. The van der Waals surface area contributed by atoms with E-state index in [1.54, 1.807) is 12.1 Å². The molecule has 4 aliphatic rings. The summed E-state index contributed by atoms with van der Waals surface area (Å²) in [6.07, 6.45) is 13.2. The van der Waals surface area contributed by atoms with Crippen LogP contribution in [0.25, 0.3) is 11.6 Å². The fourth-order valence-corrected chi connectivity index (χ4v) is 5.06. The number of halogens is 1. The Kier molecular flexibility index (Phi) is 4.01. The molecule has 31 heavy (non-hydrogen) atoms. The molecule has 0 radical (unpaired) electrons. The fourth-order valence-electron chi connectivity index (χ4n) is 5.06. The van der Waals surface area contributed by atoms with Crippen LogP contribution in [0.3, 0.4) is 0 Å². The van der Waals surface area contributed by atoms with Gasteiger partial charge in [-0.05, 0) is 47.9 Å². The maximum Gasteiger partial charge on any atom is 0.124 e. The zero-order valence-corrected chi connectivity index (χ0v) is 17.5. The summed E-state index contributed by atoms with van der Waals surface area (Å²) in [4.78, 5) is 2.21. The molecular weight excluding hydrogens is 391 g/mol. The van der Waals surface area contributed by atoms with Gasteiger partial charge in [-0.3, -0.25) is 10.1 Å². The van der Waals surface area contributed by atoms with E-state index in [9.17, 15) is 4.39 Å².